The van der Waals surface area contributed by atoms with Crippen LogP contribution < -0.4 is 11.0 Å². The zero-order chi connectivity index (χ0) is 26.9. The fraction of sp³-hybridized carbons (Fsp3) is 0.821. The monoisotopic (exact) mass is 523 g/mol. The van der Waals surface area contributed by atoms with Gasteiger partial charge < -0.3 is 25.4 Å². The Balaban J connectivity index is 1.49. The van der Waals surface area contributed by atoms with Crippen molar-refractivity contribution in [2.45, 2.75) is 141 Å². The van der Waals surface area contributed by atoms with E-state index in [-0.39, 0.29) is 11.7 Å². The number of aliphatic hydroxyl groups excluding tert-OH is 3. The fourth-order valence-electron chi connectivity index (χ4n) is 4.82. The van der Waals surface area contributed by atoms with Crippen molar-refractivity contribution in [2.75, 3.05) is 11.9 Å². The number of unbranched alkanes of at least 4 members (excludes halogenated alkanes) is 15. The third-order valence-corrected chi connectivity index (χ3v) is 7.15. The van der Waals surface area contributed by atoms with Crippen LogP contribution >= 0.6 is 0 Å². The number of carbonyl (C=O) groups is 1. The minimum atomic E-state index is -1.37. The molecule has 2 heterocycles. The van der Waals surface area contributed by atoms with Gasteiger partial charge >= 0.3 is 5.69 Å². The molecule has 4 N–H and O–H groups in total. The minimum absolute atomic E-state index is 0.134. The third kappa shape index (κ3) is 11.6. The van der Waals surface area contributed by atoms with Crippen LogP contribution in [0.15, 0.2) is 17.1 Å². The molecule has 212 valence electrons. The van der Waals surface area contributed by atoms with Gasteiger partial charge in [0, 0.05) is 12.6 Å². The molecular formula is C28H49N3O6. The molecule has 2 rings (SSSR count). The molecule has 4 atom stereocenters. The lowest BCUT2D eigenvalue weighted by atomic mass is 10.0. The molecule has 0 spiro atoms. The topological polar surface area (TPSA) is 134 Å². The van der Waals surface area contributed by atoms with Gasteiger partial charge in [0.2, 0.25) is 5.91 Å². The summed E-state index contributed by atoms with van der Waals surface area (Å²) in [5.41, 5.74) is -0.727. The summed E-state index contributed by atoms with van der Waals surface area (Å²) < 4.78 is 6.39. The van der Waals surface area contributed by atoms with E-state index in [0.717, 1.165) is 23.8 Å². The number of nitrogens with zero attached hydrogens (tertiary/aromatic N) is 2. The van der Waals surface area contributed by atoms with Gasteiger partial charge in [0.05, 0.1) is 6.61 Å². The second-order valence-electron chi connectivity index (χ2n) is 10.3. The minimum Gasteiger partial charge on any atom is -0.394 e. The van der Waals surface area contributed by atoms with Crippen LogP contribution in [0.4, 0.5) is 5.82 Å². The maximum absolute atomic E-state index is 12.3. The molecule has 1 saturated heterocycles. The highest BCUT2D eigenvalue weighted by Gasteiger charge is 2.43. The summed E-state index contributed by atoms with van der Waals surface area (Å²) in [6.45, 7) is 1.78. The van der Waals surface area contributed by atoms with Gasteiger partial charge in [0.15, 0.2) is 6.23 Å². The Kier molecular flexibility index (Phi) is 15.7. The Hall–Kier alpha value is -1.81. The van der Waals surface area contributed by atoms with E-state index < -0.39 is 36.8 Å². The highest BCUT2D eigenvalue weighted by Crippen LogP contribution is 2.28. The SMILES string of the molecule is CCCCCCCCCCCCCCCCCCC(=O)Nc1ccn(C2OC(CO)C(O)C2O)c(=O)n1. The van der Waals surface area contributed by atoms with E-state index in [1.165, 1.54) is 95.7 Å². The molecule has 0 aromatic carbocycles. The summed E-state index contributed by atoms with van der Waals surface area (Å²) in [7, 11) is 0. The number of amides is 1. The molecule has 1 fully saturated rings. The average Bonchev–Trinajstić information content (AvgIpc) is 3.17. The number of ether oxygens (including phenoxy) is 1. The van der Waals surface area contributed by atoms with Crippen molar-refractivity contribution >= 4 is 11.7 Å². The Labute approximate surface area is 221 Å². The van der Waals surface area contributed by atoms with Crippen molar-refractivity contribution in [2.24, 2.45) is 0 Å². The van der Waals surface area contributed by atoms with Gasteiger partial charge in [0.25, 0.3) is 0 Å². The first-order chi connectivity index (χ1) is 18.0. The molecule has 37 heavy (non-hydrogen) atoms. The summed E-state index contributed by atoms with van der Waals surface area (Å²) in [5, 5.41) is 31.8. The van der Waals surface area contributed by atoms with Gasteiger partial charge in [-0.15, -0.1) is 0 Å². The second-order valence-corrected chi connectivity index (χ2v) is 10.3. The maximum Gasteiger partial charge on any atom is 0.351 e. The molecule has 1 aromatic heterocycles. The first-order valence-corrected chi connectivity index (χ1v) is 14.5. The van der Waals surface area contributed by atoms with Crippen LogP contribution in [0.3, 0.4) is 0 Å². The van der Waals surface area contributed by atoms with Crippen LogP contribution in [0.2, 0.25) is 0 Å². The number of rotatable bonds is 20. The number of aromatic nitrogens is 2. The van der Waals surface area contributed by atoms with Gasteiger partial charge in [-0.05, 0) is 12.5 Å². The van der Waals surface area contributed by atoms with Crippen LogP contribution in [0.5, 0.6) is 0 Å². The molecule has 0 saturated carbocycles. The molecule has 0 radical (unpaired) electrons. The molecule has 9 nitrogen and oxygen atoms in total. The molecule has 0 aliphatic carbocycles. The smallest absolute Gasteiger partial charge is 0.351 e. The van der Waals surface area contributed by atoms with Crippen LogP contribution in [-0.2, 0) is 9.53 Å². The lowest BCUT2D eigenvalue weighted by Gasteiger charge is -2.17. The predicted molar refractivity (Wildman–Crippen MR) is 144 cm³/mol. The summed E-state index contributed by atoms with van der Waals surface area (Å²) >= 11 is 0. The largest absolute Gasteiger partial charge is 0.394 e. The van der Waals surface area contributed by atoms with Gasteiger partial charge in [0.1, 0.15) is 24.1 Å². The lowest BCUT2D eigenvalue weighted by molar-refractivity contribution is -0.116. The van der Waals surface area contributed by atoms with Crippen molar-refractivity contribution in [1.82, 2.24) is 9.55 Å². The van der Waals surface area contributed by atoms with Crippen molar-refractivity contribution in [1.29, 1.82) is 0 Å². The van der Waals surface area contributed by atoms with Gasteiger partial charge in [-0.2, -0.15) is 4.98 Å². The lowest BCUT2D eigenvalue weighted by Crippen LogP contribution is -2.36. The van der Waals surface area contributed by atoms with E-state index in [2.05, 4.69) is 17.2 Å². The van der Waals surface area contributed by atoms with Crippen LogP contribution in [0, 0.1) is 0 Å². The normalized spacial score (nSPS) is 21.4. The number of carbonyl (C=O) groups excluding carboxylic acids is 1. The Morgan fingerprint density at radius 2 is 1.41 bits per heavy atom. The highest BCUT2D eigenvalue weighted by molar-refractivity contribution is 5.89. The molecule has 0 bridgehead atoms. The van der Waals surface area contributed by atoms with E-state index in [4.69, 9.17) is 4.74 Å². The van der Waals surface area contributed by atoms with Crippen LogP contribution in [0.25, 0.3) is 0 Å². The van der Waals surface area contributed by atoms with Gasteiger partial charge in [-0.1, -0.05) is 103 Å². The van der Waals surface area contributed by atoms with E-state index in [0.29, 0.717) is 6.42 Å². The molecule has 1 amide bonds. The highest BCUT2D eigenvalue weighted by atomic mass is 16.6. The first kappa shape index (κ1) is 31.4. The average molecular weight is 524 g/mol. The first-order valence-electron chi connectivity index (χ1n) is 14.5. The Morgan fingerprint density at radius 1 is 0.892 bits per heavy atom. The van der Waals surface area contributed by atoms with Gasteiger partial charge in [-0.25, -0.2) is 4.79 Å². The zero-order valence-corrected chi connectivity index (χ0v) is 22.7. The van der Waals surface area contributed by atoms with E-state index in [1.807, 2.05) is 0 Å². The quantitative estimate of drug-likeness (QED) is 0.186. The predicted octanol–water partition coefficient (Wildman–Crippen LogP) is 4.44. The summed E-state index contributed by atoms with van der Waals surface area (Å²) in [5.74, 6) is -0.0579. The summed E-state index contributed by atoms with van der Waals surface area (Å²) in [6, 6.07) is 1.45. The molecular weight excluding hydrogens is 474 g/mol. The van der Waals surface area contributed by atoms with Crippen molar-refractivity contribution in [3.05, 3.63) is 22.7 Å². The molecule has 1 aliphatic heterocycles. The maximum atomic E-state index is 12.3. The number of hydrogen-bond donors (Lipinski definition) is 4. The summed E-state index contributed by atoms with van der Waals surface area (Å²) in [6.07, 6.45) is 17.4. The zero-order valence-electron chi connectivity index (χ0n) is 22.7. The van der Waals surface area contributed by atoms with Crippen LogP contribution in [-0.4, -0.2) is 55.7 Å². The number of anilines is 1. The summed E-state index contributed by atoms with van der Waals surface area (Å²) in [4.78, 5) is 28.4. The third-order valence-electron chi connectivity index (χ3n) is 7.15. The van der Waals surface area contributed by atoms with Gasteiger partial charge in [-0.3, -0.25) is 9.36 Å². The van der Waals surface area contributed by atoms with E-state index >= 15 is 0 Å². The van der Waals surface area contributed by atoms with Crippen molar-refractivity contribution < 1.29 is 24.9 Å². The fourth-order valence-corrected chi connectivity index (χ4v) is 4.82. The van der Waals surface area contributed by atoms with Crippen molar-refractivity contribution in [3.8, 4) is 0 Å². The second kappa shape index (κ2) is 18.4. The van der Waals surface area contributed by atoms with E-state index in [9.17, 15) is 24.9 Å². The molecule has 1 aliphatic rings. The Morgan fingerprint density at radius 3 is 1.86 bits per heavy atom. The van der Waals surface area contributed by atoms with Crippen molar-refractivity contribution in [3.63, 3.8) is 0 Å². The van der Waals surface area contributed by atoms with Crippen LogP contribution in [0.1, 0.15) is 122 Å². The standard InChI is InChI=1S/C28H49N3O6/c1-2-3-4-5-6-7-8-9-10-11-12-13-14-15-16-17-18-24(33)29-23-19-20-31(28(36)30-23)27-26(35)25(34)22(21-32)37-27/h19-20,22,25-27,32,34-35H,2-18,21H2,1H3,(H,29,30,33,36). The Bertz CT molecular complexity index is 817. The molecule has 4 unspecified atom stereocenters. The number of nitrogens with one attached hydrogen (secondary N) is 1. The molecule has 9 heteroatoms. The molecule has 1 aromatic rings. The number of aliphatic hydroxyl groups is 3. The van der Waals surface area contributed by atoms with E-state index in [1.54, 1.807) is 0 Å². The number of hydrogen-bond acceptors (Lipinski definition) is 7.